The molecule has 120 valence electrons. The third-order valence-corrected chi connectivity index (χ3v) is 4.69. The Morgan fingerprint density at radius 3 is 2.52 bits per heavy atom. The minimum Gasteiger partial charge on any atom is -0.481 e. The highest BCUT2D eigenvalue weighted by Crippen LogP contribution is 2.24. The molecule has 0 aromatic carbocycles. The van der Waals surface area contributed by atoms with Crippen molar-refractivity contribution in [2.24, 2.45) is 11.8 Å². The second kappa shape index (κ2) is 7.11. The van der Waals surface area contributed by atoms with Gasteiger partial charge in [-0.05, 0) is 37.5 Å². The summed E-state index contributed by atoms with van der Waals surface area (Å²) in [6.07, 6.45) is 3.12. The number of carbonyl (C=O) groups is 2. The van der Waals surface area contributed by atoms with E-state index in [0.717, 1.165) is 19.4 Å². The molecule has 0 saturated carbocycles. The molecule has 2 N–H and O–H groups in total. The van der Waals surface area contributed by atoms with Crippen molar-refractivity contribution in [3.05, 3.63) is 0 Å². The number of piperidine rings is 2. The minimum absolute atomic E-state index is 0.0498. The van der Waals surface area contributed by atoms with Gasteiger partial charge in [-0.2, -0.15) is 0 Å². The number of hydrogen-bond acceptors (Lipinski definition) is 3. The molecule has 2 saturated heterocycles. The Labute approximate surface area is 125 Å². The van der Waals surface area contributed by atoms with Crippen LogP contribution < -0.4 is 0 Å². The molecule has 0 aromatic heterocycles. The number of aliphatic hydroxyl groups is 1. The molecule has 2 amide bonds. The van der Waals surface area contributed by atoms with Crippen molar-refractivity contribution >= 4 is 12.0 Å². The van der Waals surface area contributed by atoms with Crippen molar-refractivity contribution in [2.45, 2.75) is 45.1 Å². The van der Waals surface area contributed by atoms with E-state index in [2.05, 4.69) is 0 Å². The molecule has 2 aliphatic heterocycles. The fourth-order valence-electron chi connectivity index (χ4n) is 3.31. The normalized spacial score (nSPS) is 30.3. The van der Waals surface area contributed by atoms with Crippen LogP contribution in [0.2, 0.25) is 0 Å². The molecule has 3 atom stereocenters. The maximum Gasteiger partial charge on any atom is 0.320 e. The van der Waals surface area contributed by atoms with E-state index in [1.54, 1.807) is 0 Å². The van der Waals surface area contributed by atoms with E-state index in [0.29, 0.717) is 38.4 Å². The van der Waals surface area contributed by atoms with Crippen LogP contribution in [0.25, 0.3) is 0 Å². The van der Waals surface area contributed by atoms with Crippen molar-refractivity contribution in [3.8, 4) is 0 Å². The minimum atomic E-state index is -0.766. The van der Waals surface area contributed by atoms with Gasteiger partial charge in [0.15, 0.2) is 0 Å². The zero-order valence-corrected chi connectivity index (χ0v) is 12.7. The number of carboxylic acid groups (broad SMARTS) is 1. The summed E-state index contributed by atoms with van der Waals surface area (Å²) < 4.78 is 0. The van der Waals surface area contributed by atoms with Gasteiger partial charge in [0.2, 0.25) is 0 Å². The fourth-order valence-corrected chi connectivity index (χ4v) is 3.31. The lowest BCUT2D eigenvalue weighted by molar-refractivity contribution is -0.137. The monoisotopic (exact) mass is 298 g/mol. The van der Waals surface area contributed by atoms with Crippen LogP contribution in [0.15, 0.2) is 0 Å². The molecule has 6 heteroatoms. The number of carboxylic acids is 1. The van der Waals surface area contributed by atoms with Gasteiger partial charge >= 0.3 is 12.0 Å². The van der Waals surface area contributed by atoms with Gasteiger partial charge in [0.1, 0.15) is 0 Å². The molecule has 0 spiro atoms. The van der Waals surface area contributed by atoms with E-state index >= 15 is 0 Å². The molecule has 21 heavy (non-hydrogen) atoms. The van der Waals surface area contributed by atoms with E-state index < -0.39 is 5.97 Å². The maximum absolute atomic E-state index is 12.5. The second-order valence-corrected chi connectivity index (χ2v) is 6.45. The van der Waals surface area contributed by atoms with Gasteiger partial charge < -0.3 is 20.0 Å². The standard InChI is InChI=1S/C15H26N2O4/c1-11-9-17(8-6-13(11)18)15(21)16-7-2-3-12(10-16)4-5-14(19)20/h11-13,18H,2-10H2,1H3,(H,19,20). The molecule has 3 unspecified atom stereocenters. The highest BCUT2D eigenvalue weighted by Gasteiger charge is 2.32. The Morgan fingerprint density at radius 2 is 1.86 bits per heavy atom. The summed E-state index contributed by atoms with van der Waals surface area (Å²) in [5.74, 6) is -0.348. The quantitative estimate of drug-likeness (QED) is 0.825. The number of rotatable bonds is 3. The lowest BCUT2D eigenvalue weighted by Crippen LogP contribution is -2.52. The van der Waals surface area contributed by atoms with Crippen LogP contribution in [0, 0.1) is 11.8 Å². The van der Waals surface area contributed by atoms with E-state index in [1.807, 2.05) is 16.7 Å². The third-order valence-electron chi connectivity index (χ3n) is 4.69. The number of aliphatic carboxylic acids is 1. The van der Waals surface area contributed by atoms with Gasteiger partial charge in [0, 0.05) is 32.6 Å². The van der Waals surface area contributed by atoms with Crippen molar-refractivity contribution in [2.75, 3.05) is 26.2 Å². The van der Waals surface area contributed by atoms with Crippen LogP contribution >= 0.6 is 0 Å². The molecule has 0 radical (unpaired) electrons. The highest BCUT2D eigenvalue weighted by atomic mass is 16.4. The molecular weight excluding hydrogens is 272 g/mol. The van der Waals surface area contributed by atoms with Crippen molar-refractivity contribution < 1.29 is 19.8 Å². The van der Waals surface area contributed by atoms with Crippen LogP contribution in [0.4, 0.5) is 4.79 Å². The summed E-state index contributed by atoms with van der Waals surface area (Å²) >= 11 is 0. The molecule has 0 bridgehead atoms. The predicted molar refractivity (Wildman–Crippen MR) is 77.9 cm³/mol. The summed E-state index contributed by atoms with van der Waals surface area (Å²) in [5, 5.41) is 18.5. The number of nitrogens with zero attached hydrogens (tertiary/aromatic N) is 2. The van der Waals surface area contributed by atoms with Crippen LogP contribution in [-0.2, 0) is 4.79 Å². The average molecular weight is 298 g/mol. The first-order valence-electron chi connectivity index (χ1n) is 7.91. The Morgan fingerprint density at radius 1 is 1.14 bits per heavy atom. The first kappa shape index (κ1) is 16.1. The van der Waals surface area contributed by atoms with Crippen LogP contribution in [0.3, 0.4) is 0 Å². The van der Waals surface area contributed by atoms with Gasteiger partial charge in [-0.3, -0.25) is 4.79 Å². The topological polar surface area (TPSA) is 81.1 Å². The molecule has 0 aliphatic carbocycles. The number of carbonyl (C=O) groups excluding carboxylic acids is 1. The zero-order valence-electron chi connectivity index (χ0n) is 12.7. The summed E-state index contributed by atoms with van der Waals surface area (Å²) in [6, 6.07) is 0.0498. The smallest absolute Gasteiger partial charge is 0.320 e. The second-order valence-electron chi connectivity index (χ2n) is 6.45. The maximum atomic E-state index is 12.5. The zero-order chi connectivity index (χ0) is 15.4. The van der Waals surface area contributed by atoms with Gasteiger partial charge in [0.25, 0.3) is 0 Å². The summed E-state index contributed by atoms with van der Waals surface area (Å²) in [4.78, 5) is 26.9. The highest BCUT2D eigenvalue weighted by molar-refractivity contribution is 5.74. The molecule has 2 fully saturated rings. The molecule has 2 rings (SSSR count). The lowest BCUT2D eigenvalue weighted by Gasteiger charge is -2.40. The van der Waals surface area contributed by atoms with Crippen molar-refractivity contribution in [1.82, 2.24) is 9.80 Å². The third kappa shape index (κ3) is 4.33. The number of aliphatic hydroxyl groups excluding tert-OH is 1. The Hall–Kier alpha value is -1.30. The van der Waals surface area contributed by atoms with Crippen LogP contribution in [0.1, 0.15) is 39.0 Å². The Balaban J connectivity index is 1.85. The number of urea groups is 1. The molecule has 0 aromatic rings. The van der Waals surface area contributed by atoms with Gasteiger partial charge in [-0.25, -0.2) is 4.79 Å². The Kier molecular flexibility index (Phi) is 5.45. The number of likely N-dealkylation sites (tertiary alicyclic amines) is 2. The first-order chi connectivity index (χ1) is 9.97. The molecule has 2 heterocycles. The van der Waals surface area contributed by atoms with Gasteiger partial charge in [-0.15, -0.1) is 0 Å². The van der Waals surface area contributed by atoms with E-state index in [9.17, 15) is 14.7 Å². The van der Waals surface area contributed by atoms with Crippen LogP contribution in [-0.4, -0.2) is 64.3 Å². The number of hydrogen-bond donors (Lipinski definition) is 2. The Bertz CT molecular complexity index is 388. The van der Waals surface area contributed by atoms with Crippen molar-refractivity contribution in [1.29, 1.82) is 0 Å². The van der Waals surface area contributed by atoms with E-state index in [1.165, 1.54) is 0 Å². The van der Waals surface area contributed by atoms with Gasteiger partial charge in [0.05, 0.1) is 6.10 Å². The largest absolute Gasteiger partial charge is 0.481 e. The van der Waals surface area contributed by atoms with Gasteiger partial charge in [-0.1, -0.05) is 6.92 Å². The summed E-state index contributed by atoms with van der Waals surface area (Å²) in [7, 11) is 0. The molecule has 2 aliphatic rings. The summed E-state index contributed by atoms with van der Waals surface area (Å²) in [5.41, 5.74) is 0. The first-order valence-corrected chi connectivity index (χ1v) is 7.91. The van der Waals surface area contributed by atoms with Crippen molar-refractivity contribution in [3.63, 3.8) is 0 Å². The molecule has 6 nitrogen and oxygen atoms in total. The lowest BCUT2D eigenvalue weighted by atomic mass is 9.93. The van der Waals surface area contributed by atoms with E-state index in [4.69, 9.17) is 5.11 Å². The predicted octanol–water partition coefficient (Wildman–Crippen LogP) is 1.39. The fraction of sp³-hybridized carbons (Fsp3) is 0.867. The number of amides is 2. The summed E-state index contributed by atoms with van der Waals surface area (Å²) in [6.45, 7) is 4.61. The molecular formula is C15H26N2O4. The average Bonchev–Trinajstić information content (AvgIpc) is 2.47. The van der Waals surface area contributed by atoms with Crippen LogP contribution in [0.5, 0.6) is 0 Å². The van der Waals surface area contributed by atoms with E-state index in [-0.39, 0.29) is 24.5 Å². The SMILES string of the molecule is CC1CN(C(=O)N2CCCC(CCC(=O)O)C2)CCC1O.